The number of phenols is 1. The summed E-state index contributed by atoms with van der Waals surface area (Å²) in [4.78, 5) is 12.3. The molecule has 1 atom stereocenters. The number of hydrazone groups is 1. The fourth-order valence-electron chi connectivity index (χ4n) is 2.89. The van der Waals surface area contributed by atoms with Crippen LogP contribution in [0.3, 0.4) is 0 Å². The first-order valence-electron chi connectivity index (χ1n) is 8.55. The van der Waals surface area contributed by atoms with E-state index in [-0.39, 0.29) is 12.4 Å². The standard InChI is InChI=1S/C21H18N2O4/c1-13-6-7-16(17(24)8-13)11-22-23-21(25)20-12-26-18-9-14-4-2-3-5-15(14)10-19(18)27-20/h2-11,20,24H,12H2,1H3,(H,23,25)/b22-11-. The fourth-order valence-corrected chi connectivity index (χ4v) is 2.89. The Morgan fingerprint density at radius 1 is 1.15 bits per heavy atom. The SMILES string of the molecule is Cc1ccc(/C=N\NC(=O)C2COc3cc4ccccc4cc3O2)c(O)c1. The molecule has 1 heterocycles. The number of phenolic OH excluding ortho intramolecular Hbond substituents is 1. The van der Waals surface area contributed by atoms with Gasteiger partial charge in [-0.1, -0.05) is 30.3 Å². The number of fused-ring (bicyclic) bond motifs is 2. The summed E-state index contributed by atoms with van der Waals surface area (Å²) in [7, 11) is 0. The molecular weight excluding hydrogens is 344 g/mol. The van der Waals surface area contributed by atoms with Crippen molar-refractivity contribution in [3.8, 4) is 17.2 Å². The highest BCUT2D eigenvalue weighted by Crippen LogP contribution is 2.35. The highest BCUT2D eigenvalue weighted by Gasteiger charge is 2.27. The number of ether oxygens (including phenoxy) is 2. The summed E-state index contributed by atoms with van der Waals surface area (Å²) in [5, 5.41) is 15.8. The quantitative estimate of drug-likeness (QED) is 0.554. The Bertz CT molecular complexity index is 1050. The molecule has 3 aromatic carbocycles. The molecule has 1 amide bonds. The molecule has 0 saturated carbocycles. The number of rotatable bonds is 3. The van der Waals surface area contributed by atoms with Crippen molar-refractivity contribution < 1.29 is 19.4 Å². The number of nitrogens with zero attached hydrogens (tertiary/aromatic N) is 1. The van der Waals surface area contributed by atoms with Crippen LogP contribution < -0.4 is 14.9 Å². The Hall–Kier alpha value is -3.54. The molecule has 4 rings (SSSR count). The molecule has 2 N–H and O–H groups in total. The van der Waals surface area contributed by atoms with Crippen molar-refractivity contribution in [2.24, 2.45) is 5.10 Å². The van der Waals surface area contributed by atoms with Crippen molar-refractivity contribution in [3.63, 3.8) is 0 Å². The van der Waals surface area contributed by atoms with Gasteiger partial charge in [0.2, 0.25) is 6.10 Å². The monoisotopic (exact) mass is 362 g/mol. The van der Waals surface area contributed by atoms with Crippen LogP contribution in [0, 0.1) is 6.92 Å². The van der Waals surface area contributed by atoms with Crippen molar-refractivity contribution in [3.05, 3.63) is 65.7 Å². The van der Waals surface area contributed by atoms with E-state index >= 15 is 0 Å². The van der Waals surface area contributed by atoms with Crippen molar-refractivity contribution >= 4 is 22.9 Å². The van der Waals surface area contributed by atoms with Gasteiger partial charge >= 0.3 is 0 Å². The first-order valence-corrected chi connectivity index (χ1v) is 8.55. The van der Waals surface area contributed by atoms with Gasteiger partial charge in [-0.15, -0.1) is 0 Å². The lowest BCUT2D eigenvalue weighted by Crippen LogP contribution is -2.42. The molecule has 0 aliphatic carbocycles. The molecule has 0 saturated heterocycles. The number of nitrogens with one attached hydrogen (secondary N) is 1. The Morgan fingerprint density at radius 2 is 1.89 bits per heavy atom. The van der Waals surface area contributed by atoms with E-state index in [1.165, 1.54) is 6.21 Å². The van der Waals surface area contributed by atoms with Crippen LogP contribution in [0.1, 0.15) is 11.1 Å². The number of benzene rings is 3. The second-order valence-electron chi connectivity index (χ2n) is 6.36. The Balaban J connectivity index is 1.44. The maximum absolute atomic E-state index is 12.3. The van der Waals surface area contributed by atoms with Crippen LogP contribution in [-0.4, -0.2) is 29.9 Å². The molecule has 136 valence electrons. The van der Waals surface area contributed by atoms with Gasteiger partial charge in [0.15, 0.2) is 11.5 Å². The van der Waals surface area contributed by atoms with Crippen LogP contribution in [0.4, 0.5) is 0 Å². The van der Waals surface area contributed by atoms with E-state index in [1.807, 2.05) is 49.4 Å². The number of carbonyl (C=O) groups excluding carboxylic acids is 1. The van der Waals surface area contributed by atoms with Gasteiger partial charge in [0.05, 0.1) is 6.21 Å². The summed E-state index contributed by atoms with van der Waals surface area (Å²) >= 11 is 0. The molecule has 0 spiro atoms. The lowest BCUT2D eigenvalue weighted by atomic mass is 10.1. The second-order valence-corrected chi connectivity index (χ2v) is 6.36. The van der Waals surface area contributed by atoms with E-state index < -0.39 is 12.0 Å². The molecule has 3 aromatic rings. The summed E-state index contributed by atoms with van der Waals surface area (Å²) in [6, 6.07) is 16.8. The van der Waals surface area contributed by atoms with E-state index in [9.17, 15) is 9.90 Å². The summed E-state index contributed by atoms with van der Waals surface area (Å²) in [6.07, 6.45) is 0.583. The number of aromatic hydroxyl groups is 1. The molecule has 6 heteroatoms. The molecule has 0 bridgehead atoms. The number of carbonyl (C=O) groups is 1. The van der Waals surface area contributed by atoms with Gasteiger partial charge in [0.1, 0.15) is 12.4 Å². The fraction of sp³-hybridized carbons (Fsp3) is 0.143. The van der Waals surface area contributed by atoms with Crippen molar-refractivity contribution in [1.82, 2.24) is 5.43 Å². The molecule has 1 unspecified atom stereocenters. The molecule has 1 aliphatic heterocycles. The van der Waals surface area contributed by atoms with E-state index in [0.717, 1.165) is 16.3 Å². The van der Waals surface area contributed by atoms with Gasteiger partial charge < -0.3 is 14.6 Å². The van der Waals surface area contributed by atoms with E-state index in [4.69, 9.17) is 9.47 Å². The molecule has 1 aliphatic rings. The van der Waals surface area contributed by atoms with Crippen molar-refractivity contribution in [1.29, 1.82) is 0 Å². The Kier molecular flexibility index (Phi) is 4.38. The lowest BCUT2D eigenvalue weighted by molar-refractivity contribution is -0.130. The average Bonchev–Trinajstić information content (AvgIpc) is 2.67. The van der Waals surface area contributed by atoms with Crippen LogP contribution in [0.15, 0.2) is 59.7 Å². The van der Waals surface area contributed by atoms with Gasteiger partial charge in [-0.3, -0.25) is 4.79 Å². The first-order chi connectivity index (χ1) is 13.1. The summed E-state index contributed by atoms with van der Waals surface area (Å²) < 4.78 is 11.5. The van der Waals surface area contributed by atoms with Gasteiger partial charge in [0.25, 0.3) is 5.91 Å². The zero-order valence-electron chi connectivity index (χ0n) is 14.7. The molecular formula is C21H18N2O4. The van der Waals surface area contributed by atoms with Crippen LogP contribution in [0.5, 0.6) is 17.2 Å². The van der Waals surface area contributed by atoms with Crippen LogP contribution in [-0.2, 0) is 4.79 Å². The largest absolute Gasteiger partial charge is 0.507 e. The maximum Gasteiger partial charge on any atom is 0.284 e. The van der Waals surface area contributed by atoms with E-state index in [0.29, 0.717) is 17.1 Å². The minimum atomic E-state index is -0.803. The third kappa shape index (κ3) is 3.55. The maximum atomic E-state index is 12.3. The highest BCUT2D eigenvalue weighted by atomic mass is 16.6. The third-order valence-corrected chi connectivity index (χ3v) is 4.33. The average molecular weight is 362 g/mol. The van der Waals surface area contributed by atoms with E-state index in [2.05, 4.69) is 10.5 Å². The molecule has 0 fully saturated rings. The minimum Gasteiger partial charge on any atom is -0.507 e. The topological polar surface area (TPSA) is 80.2 Å². The smallest absolute Gasteiger partial charge is 0.284 e. The van der Waals surface area contributed by atoms with E-state index in [1.54, 1.807) is 12.1 Å². The van der Waals surface area contributed by atoms with Gasteiger partial charge in [-0.2, -0.15) is 5.10 Å². The third-order valence-electron chi connectivity index (χ3n) is 4.33. The van der Waals surface area contributed by atoms with Crippen molar-refractivity contribution in [2.75, 3.05) is 6.61 Å². The normalized spacial score (nSPS) is 15.8. The van der Waals surface area contributed by atoms with Crippen molar-refractivity contribution in [2.45, 2.75) is 13.0 Å². The highest BCUT2D eigenvalue weighted by molar-refractivity contribution is 5.88. The predicted octanol–water partition coefficient (Wildman–Crippen LogP) is 3.14. The zero-order chi connectivity index (χ0) is 18.8. The van der Waals surface area contributed by atoms with Crippen LogP contribution in [0.25, 0.3) is 10.8 Å². The predicted molar refractivity (Wildman–Crippen MR) is 102 cm³/mol. The minimum absolute atomic E-state index is 0.0997. The zero-order valence-corrected chi connectivity index (χ0v) is 14.7. The lowest BCUT2D eigenvalue weighted by Gasteiger charge is -2.25. The van der Waals surface area contributed by atoms with Crippen LogP contribution in [0.2, 0.25) is 0 Å². The molecule has 27 heavy (non-hydrogen) atoms. The number of hydrogen-bond acceptors (Lipinski definition) is 5. The van der Waals surface area contributed by atoms with Gasteiger partial charge in [-0.25, -0.2) is 5.43 Å². The number of hydrogen-bond donors (Lipinski definition) is 2. The summed E-state index contributed by atoms with van der Waals surface area (Å²) in [5.74, 6) is 0.828. The molecule has 0 radical (unpaired) electrons. The van der Waals surface area contributed by atoms with Crippen LogP contribution >= 0.6 is 0 Å². The Morgan fingerprint density at radius 3 is 2.63 bits per heavy atom. The molecule has 0 aromatic heterocycles. The summed E-state index contributed by atoms with van der Waals surface area (Å²) in [6.45, 7) is 1.98. The van der Waals surface area contributed by atoms with Gasteiger partial charge in [-0.05, 0) is 47.5 Å². The van der Waals surface area contributed by atoms with Gasteiger partial charge in [0, 0.05) is 5.56 Å². The number of amides is 1. The molecule has 6 nitrogen and oxygen atoms in total. The second kappa shape index (κ2) is 6.99. The first kappa shape index (κ1) is 16.9. The Labute approximate surface area is 156 Å². The number of aryl methyl sites for hydroxylation is 1. The summed E-state index contributed by atoms with van der Waals surface area (Å²) in [5.41, 5.74) is 3.88.